The first-order valence-corrected chi connectivity index (χ1v) is 8.40. The monoisotopic (exact) mass is 380 g/mol. The van der Waals surface area contributed by atoms with Gasteiger partial charge in [0, 0.05) is 11.7 Å². The summed E-state index contributed by atoms with van der Waals surface area (Å²) in [7, 11) is 0. The largest absolute Gasteiger partial charge is 0.416 e. The minimum absolute atomic E-state index is 0.0262. The maximum absolute atomic E-state index is 12.8. The number of alkyl halides is 3. The Hall–Kier alpha value is -2.47. The Balaban J connectivity index is 1.79. The maximum atomic E-state index is 12.8. The van der Waals surface area contributed by atoms with E-state index in [9.17, 15) is 18.0 Å². The second-order valence-corrected chi connectivity index (χ2v) is 6.34. The van der Waals surface area contributed by atoms with Gasteiger partial charge in [0.2, 0.25) is 5.91 Å². The predicted octanol–water partition coefficient (Wildman–Crippen LogP) is 5.51. The molecule has 0 fully saturated rings. The molecule has 3 nitrogen and oxygen atoms in total. The van der Waals surface area contributed by atoms with Gasteiger partial charge in [0.1, 0.15) is 6.54 Å². The third-order valence-electron chi connectivity index (χ3n) is 4.13. The van der Waals surface area contributed by atoms with Crippen molar-refractivity contribution in [3.63, 3.8) is 0 Å². The summed E-state index contributed by atoms with van der Waals surface area (Å²) in [5, 5.41) is 3.52. The SMILES string of the molecule is CCc1ccc2c(ccn2CC(=O)Nc2cc(C(F)(F)F)ccc2Cl)c1. The average Bonchev–Trinajstić information content (AvgIpc) is 2.97. The number of hydrogen-bond donors (Lipinski definition) is 1. The molecular weight excluding hydrogens is 365 g/mol. The summed E-state index contributed by atoms with van der Waals surface area (Å²) in [4.78, 5) is 12.3. The standard InChI is InChI=1S/C19H16ClF3N2O/c1-2-12-3-6-17-13(9-12)7-8-25(17)11-18(26)24-16-10-14(19(21,22)23)4-5-15(16)20/h3-10H,2,11H2,1H3,(H,24,26). The van der Waals surface area contributed by atoms with E-state index < -0.39 is 17.6 Å². The van der Waals surface area contributed by atoms with Gasteiger partial charge in [-0.15, -0.1) is 0 Å². The van der Waals surface area contributed by atoms with Gasteiger partial charge in [0.25, 0.3) is 0 Å². The van der Waals surface area contributed by atoms with Crippen molar-refractivity contribution < 1.29 is 18.0 Å². The number of hydrogen-bond acceptors (Lipinski definition) is 1. The van der Waals surface area contributed by atoms with E-state index in [-0.39, 0.29) is 17.3 Å². The molecule has 0 aliphatic carbocycles. The number of benzene rings is 2. The molecule has 2 aromatic carbocycles. The number of carbonyl (C=O) groups excluding carboxylic acids is 1. The Kier molecular flexibility index (Phi) is 4.96. The highest BCUT2D eigenvalue weighted by atomic mass is 35.5. The summed E-state index contributed by atoms with van der Waals surface area (Å²) in [6.07, 6.45) is -1.81. The van der Waals surface area contributed by atoms with E-state index in [4.69, 9.17) is 11.6 Å². The van der Waals surface area contributed by atoms with Gasteiger partial charge < -0.3 is 9.88 Å². The van der Waals surface area contributed by atoms with E-state index in [0.29, 0.717) is 0 Å². The van der Waals surface area contributed by atoms with E-state index in [1.165, 1.54) is 5.56 Å². The molecule has 0 atom stereocenters. The Morgan fingerprint density at radius 2 is 1.92 bits per heavy atom. The van der Waals surface area contributed by atoms with Crippen molar-refractivity contribution in [2.45, 2.75) is 26.1 Å². The number of halogens is 4. The second kappa shape index (κ2) is 7.03. The van der Waals surface area contributed by atoms with Crippen molar-refractivity contribution in [3.05, 3.63) is 64.8 Å². The van der Waals surface area contributed by atoms with Crippen LogP contribution in [0.4, 0.5) is 18.9 Å². The Morgan fingerprint density at radius 3 is 2.62 bits per heavy atom. The molecule has 0 radical (unpaired) electrons. The molecule has 0 unspecified atom stereocenters. The van der Waals surface area contributed by atoms with E-state index in [0.717, 1.165) is 35.5 Å². The minimum atomic E-state index is -4.50. The lowest BCUT2D eigenvalue weighted by molar-refractivity contribution is -0.137. The molecule has 0 bridgehead atoms. The van der Waals surface area contributed by atoms with Crippen molar-refractivity contribution in [3.8, 4) is 0 Å². The van der Waals surface area contributed by atoms with Gasteiger partial charge in [-0.25, -0.2) is 0 Å². The Labute approximate surface area is 153 Å². The summed E-state index contributed by atoms with van der Waals surface area (Å²) in [6, 6.07) is 10.7. The molecule has 0 saturated carbocycles. The van der Waals surface area contributed by atoms with Crippen LogP contribution in [0.5, 0.6) is 0 Å². The normalized spacial score (nSPS) is 11.7. The smallest absolute Gasteiger partial charge is 0.338 e. The number of aromatic nitrogens is 1. The average molecular weight is 381 g/mol. The zero-order valence-corrected chi connectivity index (χ0v) is 14.7. The topological polar surface area (TPSA) is 34.0 Å². The fourth-order valence-electron chi connectivity index (χ4n) is 2.75. The van der Waals surface area contributed by atoms with Crippen LogP contribution in [0.15, 0.2) is 48.7 Å². The molecule has 0 aliphatic rings. The molecule has 0 saturated heterocycles. The first-order valence-electron chi connectivity index (χ1n) is 8.02. The molecule has 7 heteroatoms. The minimum Gasteiger partial charge on any atom is -0.338 e. The van der Waals surface area contributed by atoms with E-state index in [2.05, 4.69) is 12.2 Å². The maximum Gasteiger partial charge on any atom is 0.416 e. The highest BCUT2D eigenvalue weighted by Gasteiger charge is 2.31. The number of fused-ring (bicyclic) bond motifs is 1. The second-order valence-electron chi connectivity index (χ2n) is 5.93. The molecule has 0 spiro atoms. The van der Waals surface area contributed by atoms with Crippen LogP contribution in [-0.2, 0) is 23.9 Å². The lowest BCUT2D eigenvalue weighted by atomic mass is 10.1. The van der Waals surface area contributed by atoms with E-state index >= 15 is 0 Å². The number of rotatable bonds is 4. The van der Waals surface area contributed by atoms with Crippen molar-refractivity contribution in [1.82, 2.24) is 4.57 Å². The van der Waals surface area contributed by atoms with Crippen molar-refractivity contribution >= 4 is 34.1 Å². The third kappa shape index (κ3) is 3.85. The highest BCUT2D eigenvalue weighted by Crippen LogP contribution is 2.33. The first-order chi connectivity index (χ1) is 12.3. The third-order valence-corrected chi connectivity index (χ3v) is 4.45. The van der Waals surface area contributed by atoms with Crippen molar-refractivity contribution in [2.24, 2.45) is 0 Å². The number of nitrogens with zero attached hydrogens (tertiary/aromatic N) is 1. The number of aryl methyl sites for hydroxylation is 1. The lowest BCUT2D eigenvalue weighted by Crippen LogP contribution is -2.19. The summed E-state index contributed by atoms with van der Waals surface area (Å²) in [6.45, 7) is 2.03. The summed E-state index contributed by atoms with van der Waals surface area (Å²) >= 11 is 5.91. The molecular formula is C19H16ClF3N2O. The molecule has 3 aromatic rings. The van der Waals surface area contributed by atoms with Gasteiger partial charge in [-0.05, 0) is 53.8 Å². The highest BCUT2D eigenvalue weighted by molar-refractivity contribution is 6.33. The number of amides is 1. The Morgan fingerprint density at radius 1 is 1.15 bits per heavy atom. The van der Waals surface area contributed by atoms with Crippen LogP contribution < -0.4 is 5.32 Å². The van der Waals surface area contributed by atoms with Gasteiger partial charge in [0.05, 0.1) is 16.3 Å². The van der Waals surface area contributed by atoms with Crippen molar-refractivity contribution in [1.29, 1.82) is 0 Å². The zero-order chi connectivity index (χ0) is 18.9. The molecule has 3 rings (SSSR count). The van der Waals surface area contributed by atoms with Crippen LogP contribution in [0.25, 0.3) is 10.9 Å². The van der Waals surface area contributed by atoms with Crippen LogP contribution in [0.3, 0.4) is 0 Å². The quantitative estimate of drug-likeness (QED) is 0.635. The Bertz CT molecular complexity index is 963. The van der Waals surface area contributed by atoms with Gasteiger partial charge in [-0.3, -0.25) is 4.79 Å². The van der Waals surface area contributed by atoms with E-state index in [1.807, 2.05) is 24.3 Å². The summed E-state index contributed by atoms with van der Waals surface area (Å²) < 4.78 is 40.2. The number of anilines is 1. The van der Waals surface area contributed by atoms with Crippen molar-refractivity contribution in [2.75, 3.05) is 5.32 Å². The molecule has 0 aliphatic heterocycles. The molecule has 1 heterocycles. The van der Waals surface area contributed by atoms with Crippen LogP contribution in [0.1, 0.15) is 18.1 Å². The number of nitrogens with one attached hydrogen (secondary N) is 1. The summed E-state index contributed by atoms with van der Waals surface area (Å²) in [5.74, 6) is -0.455. The van der Waals surface area contributed by atoms with E-state index in [1.54, 1.807) is 10.8 Å². The molecule has 1 amide bonds. The predicted molar refractivity (Wildman–Crippen MR) is 96.4 cm³/mol. The molecule has 1 aromatic heterocycles. The zero-order valence-electron chi connectivity index (χ0n) is 13.9. The lowest BCUT2D eigenvalue weighted by Gasteiger charge is -2.12. The van der Waals surface area contributed by atoms with Crippen LogP contribution in [0, 0.1) is 0 Å². The van der Waals surface area contributed by atoms with Crippen LogP contribution >= 0.6 is 11.6 Å². The van der Waals surface area contributed by atoms with Gasteiger partial charge in [-0.2, -0.15) is 13.2 Å². The molecule has 26 heavy (non-hydrogen) atoms. The fourth-order valence-corrected chi connectivity index (χ4v) is 2.91. The van der Waals surface area contributed by atoms with Gasteiger partial charge >= 0.3 is 6.18 Å². The van der Waals surface area contributed by atoms with Gasteiger partial charge in [0.15, 0.2) is 0 Å². The molecule has 136 valence electrons. The number of carbonyl (C=O) groups is 1. The fraction of sp³-hybridized carbons (Fsp3) is 0.211. The van der Waals surface area contributed by atoms with Crippen LogP contribution in [0.2, 0.25) is 5.02 Å². The van der Waals surface area contributed by atoms with Gasteiger partial charge in [-0.1, -0.05) is 24.6 Å². The molecule has 1 N–H and O–H groups in total. The van der Waals surface area contributed by atoms with Crippen LogP contribution in [-0.4, -0.2) is 10.5 Å². The first kappa shape index (κ1) is 18.3. The summed E-state index contributed by atoms with van der Waals surface area (Å²) in [5.41, 5.74) is 1.15.